The zero-order valence-corrected chi connectivity index (χ0v) is 8.85. The highest BCUT2D eigenvalue weighted by molar-refractivity contribution is 4.90. The van der Waals surface area contributed by atoms with E-state index in [0.717, 1.165) is 0 Å². The highest BCUT2D eigenvalue weighted by Crippen LogP contribution is 2.30. The molecule has 2 unspecified atom stereocenters. The summed E-state index contributed by atoms with van der Waals surface area (Å²) in [7, 11) is 0. The molecule has 1 aliphatic rings. The summed E-state index contributed by atoms with van der Waals surface area (Å²) in [6.07, 6.45) is 0.359. The van der Waals surface area contributed by atoms with Gasteiger partial charge in [-0.05, 0) is 11.3 Å². The van der Waals surface area contributed by atoms with Gasteiger partial charge in [0.15, 0.2) is 0 Å². The summed E-state index contributed by atoms with van der Waals surface area (Å²) < 4.78 is 5.68. The van der Waals surface area contributed by atoms with Crippen LogP contribution in [0.15, 0.2) is 0 Å². The SMILES string of the molecule is CC(C)C1NCOC1C(C)(C)C. The highest BCUT2D eigenvalue weighted by Gasteiger charge is 2.38. The molecular weight excluding hydrogens is 150 g/mol. The summed E-state index contributed by atoms with van der Waals surface area (Å²) in [5.41, 5.74) is 0.248. The first-order valence-corrected chi connectivity index (χ1v) is 4.78. The zero-order valence-electron chi connectivity index (χ0n) is 8.85. The largest absolute Gasteiger partial charge is 0.361 e. The van der Waals surface area contributed by atoms with Crippen molar-refractivity contribution in [3.8, 4) is 0 Å². The van der Waals surface area contributed by atoms with E-state index in [-0.39, 0.29) is 5.41 Å². The maximum absolute atomic E-state index is 5.68. The van der Waals surface area contributed by atoms with Crippen LogP contribution >= 0.6 is 0 Å². The smallest absolute Gasteiger partial charge is 0.0973 e. The van der Waals surface area contributed by atoms with Crippen LogP contribution in [0.1, 0.15) is 34.6 Å². The van der Waals surface area contributed by atoms with Crippen LogP contribution in [0, 0.1) is 11.3 Å². The Kier molecular flexibility index (Phi) is 2.79. The lowest BCUT2D eigenvalue weighted by Crippen LogP contribution is -2.42. The molecule has 0 radical (unpaired) electrons. The van der Waals surface area contributed by atoms with Crippen LogP contribution < -0.4 is 5.32 Å². The van der Waals surface area contributed by atoms with Crippen LogP contribution in [0.4, 0.5) is 0 Å². The zero-order chi connectivity index (χ0) is 9.35. The van der Waals surface area contributed by atoms with Crippen LogP contribution in [-0.2, 0) is 4.74 Å². The van der Waals surface area contributed by atoms with E-state index in [1.54, 1.807) is 0 Å². The Morgan fingerprint density at radius 2 is 1.92 bits per heavy atom. The van der Waals surface area contributed by atoms with E-state index in [4.69, 9.17) is 4.74 Å². The van der Waals surface area contributed by atoms with Gasteiger partial charge < -0.3 is 4.74 Å². The van der Waals surface area contributed by atoms with Crippen molar-refractivity contribution in [2.24, 2.45) is 11.3 Å². The molecule has 0 bridgehead atoms. The van der Waals surface area contributed by atoms with E-state index in [2.05, 4.69) is 39.9 Å². The maximum Gasteiger partial charge on any atom is 0.0973 e. The Balaban J connectivity index is 2.64. The maximum atomic E-state index is 5.68. The predicted octanol–water partition coefficient (Wildman–Crippen LogP) is 2.00. The number of hydrogen-bond donors (Lipinski definition) is 1. The predicted molar refractivity (Wildman–Crippen MR) is 51.0 cm³/mol. The Bertz CT molecular complexity index is 148. The Labute approximate surface area is 75.7 Å². The molecule has 0 amide bonds. The van der Waals surface area contributed by atoms with Crippen molar-refractivity contribution in [2.75, 3.05) is 6.73 Å². The molecule has 1 fully saturated rings. The molecule has 1 aliphatic heterocycles. The average Bonchev–Trinajstić information content (AvgIpc) is 2.30. The molecule has 0 saturated carbocycles. The third-order valence-corrected chi connectivity index (χ3v) is 2.48. The number of hydrogen-bond acceptors (Lipinski definition) is 2. The number of ether oxygens (including phenoxy) is 1. The summed E-state index contributed by atoms with van der Waals surface area (Å²) in [6, 6.07) is 0.519. The van der Waals surface area contributed by atoms with Gasteiger partial charge in [0.25, 0.3) is 0 Å². The molecule has 0 aliphatic carbocycles. The molecule has 1 saturated heterocycles. The molecule has 1 N–H and O–H groups in total. The van der Waals surface area contributed by atoms with Gasteiger partial charge in [-0.2, -0.15) is 0 Å². The van der Waals surface area contributed by atoms with Crippen molar-refractivity contribution >= 4 is 0 Å². The monoisotopic (exact) mass is 171 g/mol. The van der Waals surface area contributed by atoms with Crippen molar-refractivity contribution in [1.29, 1.82) is 0 Å². The Hall–Kier alpha value is -0.0800. The average molecular weight is 171 g/mol. The second kappa shape index (κ2) is 3.35. The molecule has 2 nitrogen and oxygen atoms in total. The standard InChI is InChI=1S/C10H21NO/c1-7(2)8-9(10(3,4)5)12-6-11-8/h7-9,11H,6H2,1-5H3. The van der Waals surface area contributed by atoms with Crippen LogP contribution in [0.5, 0.6) is 0 Å². The summed E-state index contributed by atoms with van der Waals surface area (Å²) >= 11 is 0. The molecule has 12 heavy (non-hydrogen) atoms. The minimum Gasteiger partial charge on any atom is -0.361 e. The second-order valence-corrected chi connectivity index (χ2v) is 5.07. The fraction of sp³-hybridized carbons (Fsp3) is 1.00. The first kappa shape index (κ1) is 10.0. The fourth-order valence-corrected chi connectivity index (χ4v) is 1.82. The molecule has 0 aromatic rings. The van der Waals surface area contributed by atoms with Crippen molar-refractivity contribution in [1.82, 2.24) is 5.32 Å². The molecule has 72 valence electrons. The lowest BCUT2D eigenvalue weighted by molar-refractivity contribution is 0.0146. The summed E-state index contributed by atoms with van der Waals surface area (Å²) in [5, 5.41) is 3.39. The normalized spacial score (nSPS) is 31.5. The Morgan fingerprint density at radius 1 is 1.33 bits per heavy atom. The molecule has 0 aromatic heterocycles. The summed E-state index contributed by atoms with van der Waals surface area (Å²) in [4.78, 5) is 0. The van der Waals surface area contributed by atoms with Gasteiger partial charge in [0, 0.05) is 6.04 Å². The molecule has 1 heterocycles. The summed E-state index contributed by atoms with van der Waals surface area (Å²) in [5.74, 6) is 0.650. The van der Waals surface area contributed by atoms with E-state index in [1.165, 1.54) is 0 Å². The third-order valence-electron chi connectivity index (χ3n) is 2.48. The van der Waals surface area contributed by atoms with Crippen LogP contribution in [0.3, 0.4) is 0 Å². The third kappa shape index (κ3) is 1.99. The van der Waals surface area contributed by atoms with Crippen molar-refractivity contribution < 1.29 is 4.74 Å². The van der Waals surface area contributed by atoms with Gasteiger partial charge >= 0.3 is 0 Å². The van der Waals surface area contributed by atoms with Gasteiger partial charge in [-0.25, -0.2) is 0 Å². The van der Waals surface area contributed by atoms with E-state index in [0.29, 0.717) is 24.8 Å². The van der Waals surface area contributed by atoms with Crippen LogP contribution in [0.2, 0.25) is 0 Å². The quantitative estimate of drug-likeness (QED) is 0.651. The second-order valence-electron chi connectivity index (χ2n) is 5.07. The molecule has 2 atom stereocenters. The molecule has 0 aromatic carbocycles. The minimum absolute atomic E-state index is 0.248. The van der Waals surface area contributed by atoms with Gasteiger partial charge in [0.05, 0.1) is 12.8 Å². The fourth-order valence-electron chi connectivity index (χ4n) is 1.82. The summed E-state index contributed by atoms with van der Waals surface area (Å²) in [6.45, 7) is 11.9. The molecular formula is C10H21NO. The van der Waals surface area contributed by atoms with E-state index in [9.17, 15) is 0 Å². The highest BCUT2D eigenvalue weighted by atomic mass is 16.5. The van der Waals surface area contributed by atoms with Gasteiger partial charge in [-0.15, -0.1) is 0 Å². The number of rotatable bonds is 1. The minimum atomic E-state index is 0.248. The van der Waals surface area contributed by atoms with Gasteiger partial charge in [-0.1, -0.05) is 34.6 Å². The lowest BCUT2D eigenvalue weighted by atomic mass is 9.81. The lowest BCUT2D eigenvalue weighted by Gasteiger charge is -2.32. The molecule has 0 spiro atoms. The first-order chi connectivity index (χ1) is 5.43. The van der Waals surface area contributed by atoms with Crippen molar-refractivity contribution in [2.45, 2.75) is 46.8 Å². The first-order valence-electron chi connectivity index (χ1n) is 4.78. The molecule has 2 heteroatoms. The van der Waals surface area contributed by atoms with Gasteiger partial charge in [0.2, 0.25) is 0 Å². The van der Waals surface area contributed by atoms with E-state index in [1.807, 2.05) is 0 Å². The van der Waals surface area contributed by atoms with Crippen LogP contribution in [-0.4, -0.2) is 18.9 Å². The van der Waals surface area contributed by atoms with E-state index >= 15 is 0 Å². The number of nitrogens with one attached hydrogen (secondary N) is 1. The van der Waals surface area contributed by atoms with Gasteiger partial charge in [0.1, 0.15) is 0 Å². The van der Waals surface area contributed by atoms with Crippen molar-refractivity contribution in [3.05, 3.63) is 0 Å². The molecule has 1 rings (SSSR count). The Morgan fingerprint density at radius 3 is 2.25 bits per heavy atom. The van der Waals surface area contributed by atoms with Crippen molar-refractivity contribution in [3.63, 3.8) is 0 Å². The van der Waals surface area contributed by atoms with Crippen LogP contribution in [0.25, 0.3) is 0 Å². The topological polar surface area (TPSA) is 21.3 Å². The van der Waals surface area contributed by atoms with Gasteiger partial charge in [-0.3, -0.25) is 5.32 Å². The van der Waals surface area contributed by atoms with E-state index < -0.39 is 0 Å².